The highest BCUT2D eigenvalue weighted by Gasteiger charge is 2.13. The Hall–Kier alpha value is -1.76. The minimum atomic E-state index is -0.445. The van der Waals surface area contributed by atoms with Crippen molar-refractivity contribution in [2.24, 2.45) is 0 Å². The van der Waals surface area contributed by atoms with Gasteiger partial charge in [0.25, 0.3) is 5.56 Å². The van der Waals surface area contributed by atoms with Gasteiger partial charge in [-0.3, -0.25) is 14.3 Å². The molecule has 0 atom stereocenters. The Morgan fingerprint density at radius 3 is 2.60 bits per heavy atom. The fraction of sp³-hybridized carbons (Fsp3) is 0.692. The van der Waals surface area contributed by atoms with Gasteiger partial charge in [-0.1, -0.05) is 6.92 Å². The average Bonchev–Trinajstić information content (AvgIpc) is 2.91. The topological polar surface area (TPSA) is 96.2 Å². The molecule has 0 spiro atoms. The Labute approximate surface area is 117 Å². The molecule has 0 bridgehead atoms. The van der Waals surface area contributed by atoms with Gasteiger partial charge in [0, 0.05) is 19.6 Å². The molecule has 0 aliphatic carbocycles. The lowest BCUT2D eigenvalue weighted by Crippen LogP contribution is -2.35. The molecule has 112 valence electrons. The number of rotatable bonds is 6. The predicted molar refractivity (Wildman–Crippen MR) is 80.2 cm³/mol. The highest BCUT2D eigenvalue weighted by Crippen LogP contribution is 2.11. The van der Waals surface area contributed by atoms with Crippen LogP contribution in [0.4, 0.5) is 11.5 Å². The van der Waals surface area contributed by atoms with E-state index in [2.05, 4.69) is 15.2 Å². The first-order valence-electron chi connectivity index (χ1n) is 7.22. The van der Waals surface area contributed by atoms with E-state index in [1.165, 1.54) is 17.4 Å². The van der Waals surface area contributed by atoms with E-state index in [1.54, 1.807) is 0 Å². The summed E-state index contributed by atoms with van der Waals surface area (Å²) in [5.41, 5.74) is 5.35. The van der Waals surface area contributed by atoms with Crippen LogP contribution in [-0.2, 0) is 6.54 Å². The SMILES string of the molecule is CCCn1c(N)c(NCCN2CCCC2)c(=O)[nH]c1=O. The van der Waals surface area contributed by atoms with Gasteiger partial charge in [-0.05, 0) is 32.4 Å². The number of hydrogen-bond acceptors (Lipinski definition) is 5. The van der Waals surface area contributed by atoms with Gasteiger partial charge in [-0.25, -0.2) is 4.79 Å². The Kier molecular flexibility index (Phi) is 4.84. The molecule has 1 aliphatic heterocycles. The van der Waals surface area contributed by atoms with Crippen molar-refractivity contribution < 1.29 is 0 Å². The normalized spacial score (nSPS) is 15.7. The van der Waals surface area contributed by atoms with Gasteiger partial charge in [0.15, 0.2) is 0 Å². The Morgan fingerprint density at radius 1 is 1.25 bits per heavy atom. The third kappa shape index (κ3) is 3.22. The van der Waals surface area contributed by atoms with E-state index in [9.17, 15) is 9.59 Å². The molecular weight excluding hydrogens is 258 g/mol. The number of aromatic amines is 1. The van der Waals surface area contributed by atoms with Crippen molar-refractivity contribution in [1.29, 1.82) is 0 Å². The molecule has 20 heavy (non-hydrogen) atoms. The van der Waals surface area contributed by atoms with Crippen molar-refractivity contribution in [3.8, 4) is 0 Å². The lowest BCUT2D eigenvalue weighted by molar-refractivity contribution is 0.352. The number of hydrogen-bond donors (Lipinski definition) is 3. The fourth-order valence-corrected chi connectivity index (χ4v) is 2.55. The molecule has 1 saturated heterocycles. The summed E-state index contributed by atoms with van der Waals surface area (Å²) in [6.07, 6.45) is 3.26. The number of anilines is 2. The molecule has 7 heteroatoms. The van der Waals surface area contributed by atoms with E-state index in [0.717, 1.165) is 26.1 Å². The zero-order chi connectivity index (χ0) is 14.5. The zero-order valence-corrected chi connectivity index (χ0v) is 11.9. The lowest BCUT2D eigenvalue weighted by atomic mass is 10.4. The predicted octanol–water partition coefficient (Wildman–Crippen LogP) is 0.0365. The number of likely N-dealkylation sites (tertiary alicyclic amines) is 1. The van der Waals surface area contributed by atoms with E-state index in [4.69, 9.17) is 5.73 Å². The Balaban J connectivity index is 2.08. The Bertz CT molecular complexity index is 557. The van der Waals surface area contributed by atoms with Crippen molar-refractivity contribution in [3.63, 3.8) is 0 Å². The van der Waals surface area contributed by atoms with Gasteiger partial charge in [-0.15, -0.1) is 0 Å². The third-order valence-corrected chi connectivity index (χ3v) is 3.62. The van der Waals surface area contributed by atoms with Gasteiger partial charge < -0.3 is 16.0 Å². The second-order valence-electron chi connectivity index (χ2n) is 5.15. The molecule has 0 unspecified atom stereocenters. The summed E-state index contributed by atoms with van der Waals surface area (Å²) in [6, 6.07) is 0. The molecule has 0 amide bonds. The largest absolute Gasteiger partial charge is 0.383 e. The summed E-state index contributed by atoms with van der Waals surface area (Å²) in [6.45, 7) is 6.22. The summed E-state index contributed by atoms with van der Waals surface area (Å²) in [5.74, 6) is 0.224. The van der Waals surface area contributed by atoms with Gasteiger partial charge >= 0.3 is 5.69 Å². The van der Waals surface area contributed by atoms with Crippen LogP contribution in [-0.4, -0.2) is 40.6 Å². The summed E-state index contributed by atoms with van der Waals surface area (Å²) in [5, 5.41) is 3.06. The van der Waals surface area contributed by atoms with E-state index in [0.29, 0.717) is 18.8 Å². The maximum atomic E-state index is 11.8. The van der Waals surface area contributed by atoms with Crippen LogP contribution in [0.1, 0.15) is 26.2 Å². The first kappa shape index (κ1) is 14.6. The van der Waals surface area contributed by atoms with E-state index < -0.39 is 11.2 Å². The number of nitrogens with one attached hydrogen (secondary N) is 2. The van der Waals surface area contributed by atoms with Crippen LogP contribution in [0.15, 0.2) is 9.59 Å². The maximum Gasteiger partial charge on any atom is 0.330 e. The number of nitrogens with zero attached hydrogens (tertiary/aromatic N) is 2. The van der Waals surface area contributed by atoms with Crippen LogP contribution >= 0.6 is 0 Å². The van der Waals surface area contributed by atoms with Crippen LogP contribution in [0.5, 0.6) is 0 Å². The number of H-pyrrole nitrogens is 1. The molecule has 0 saturated carbocycles. The summed E-state index contributed by atoms with van der Waals surface area (Å²) in [4.78, 5) is 28.2. The molecule has 2 rings (SSSR count). The standard InChI is InChI=1S/C13H23N5O2/c1-2-6-18-11(14)10(12(19)16-13(18)20)15-5-9-17-7-3-4-8-17/h15H,2-9,14H2,1H3,(H,16,19,20). The van der Waals surface area contributed by atoms with E-state index >= 15 is 0 Å². The zero-order valence-electron chi connectivity index (χ0n) is 11.9. The minimum absolute atomic E-state index is 0.224. The summed E-state index contributed by atoms with van der Waals surface area (Å²) < 4.78 is 1.40. The van der Waals surface area contributed by atoms with Gasteiger partial charge in [0.05, 0.1) is 0 Å². The molecule has 1 fully saturated rings. The smallest absolute Gasteiger partial charge is 0.330 e. The van der Waals surface area contributed by atoms with Gasteiger partial charge in [-0.2, -0.15) is 0 Å². The highest BCUT2D eigenvalue weighted by molar-refractivity contribution is 5.60. The van der Waals surface area contributed by atoms with Crippen LogP contribution < -0.4 is 22.3 Å². The molecule has 1 aromatic heterocycles. The first-order chi connectivity index (χ1) is 9.63. The quantitative estimate of drug-likeness (QED) is 0.684. The molecule has 0 radical (unpaired) electrons. The monoisotopic (exact) mass is 281 g/mol. The molecule has 2 heterocycles. The third-order valence-electron chi connectivity index (χ3n) is 3.62. The van der Waals surface area contributed by atoms with Crippen LogP contribution in [0.2, 0.25) is 0 Å². The van der Waals surface area contributed by atoms with E-state index in [1.807, 2.05) is 6.92 Å². The van der Waals surface area contributed by atoms with Crippen LogP contribution in [0.3, 0.4) is 0 Å². The molecule has 1 aromatic rings. The lowest BCUT2D eigenvalue weighted by Gasteiger charge is -2.17. The molecular formula is C13H23N5O2. The second-order valence-corrected chi connectivity index (χ2v) is 5.15. The number of nitrogens with two attached hydrogens (primary N) is 1. The summed E-state index contributed by atoms with van der Waals surface area (Å²) in [7, 11) is 0. The van der Waals surface area contributed by atoms with Crippen LogP contribution in [0.25, 0.3) is 0 Å². The highest BCUT2D eigenvalue weighted by atomic mass is 16.2. The molecule has 1 aliphatic rings. The van der Waals surface area contributed by atoms with Crippen molar-refractivity contribution >= 4 is 11.5 Å². The van der Waals surface area contributed by atoms with Crippen molar-refractivity contribution in [3.05, 3.63) is 20.8 Å². The van der Waals surface area contributed by atoms with Crippen molar-refractivity contribution in [2.75, 3.05) is 37.2 Å². The number of aromatic nitrogens is 2. The molecule has 0 aromatic carbocycles. The van der Waals surface area contributed by atoms with Gasteiger partial charge in [0.2, 0.25) is 0 Å². The Morgan fingerprint density at radius 2 is 1.95 bits per heavy atom. The van der Waals surface area contributed by atoms with Crippen LogP contribution in [0, 0.1) is 0 Å². The van der Waals surface area contributed by atoms with Gasteiger partial charge in [0.1, 0.15) is 11.5 Å². The fourth-order valence-electron chi connectivity index (χ4n) is 2.55. The first-order valence-corrected chi connectivity index (χ1v) is 7.22. The maximum absolute atomic E-state index is 11.8. The molecule has 7 nitrogen and oxygen atoms in total. The second kappa shape index (κ2) is 6.60. The molecule has 4 N–H and O–H groups in total. The van der Waals surface area contributed by atoms with E-state index in [-0.39, 0.29) is 5.82 Å². The minimum Gasteiger partial charge on any atom is -0.383 e. The average molecular weight is 281 g/mol. The summed E-state index contributed by atoms with van der Waals surface area (Å²) >= 11 is 0. The van der Waals surface area contributed by atoms with Crippen molar-refractivity contribution in [2.45, 2.75) is 32.7 Å². The van der Waals surface area contributed by atoms with Crippen molar-refractivity contribution in [1.82, 2.24) is 14.5 Å². The number of nitrogen functional groups attached to an aromatic ring is 1.